The van der Waals surface area contributed by atoms with Gasteiger partial charge in [0.05, 0.1) is 0 Å². The maximum atomic E-state index is 13.7. The number of nitrogens with one attached hydrogen (secondary N) is 1. The van der Waals surface area contributed by atoms with E-state index < -0.39 is 21.7 Å². The number of sulfonamides is 1. The molecule has 0 radical (unpaired) electrons. The van der Waals surface area contributed by atoms with Gasteiger partial charge in [-0.15, -0.1) is 0 Å². The highest BCUT2D eigenvalue weighted by atomic mass is 32.2. The van der Waals surface area contributed by atoms with Crippen LogP contribution in [0.5, 0.6) is 0 Å². The normalized spacial score (nSPS) is 19.3. The van der Waals surface area contributed by atoms with E-state index in [2.05, 4.69) is 4.72 Å². The quantitative estimate of drug-likeness (QED) is 0.890. The van der Waals surface area contributed by atoms with Gasteiger partial charge in [0.25, 0.3) is 0 Å². The van der Waals surface area contributed by atoms with Crippen LogP contribution in [0.2, 0.25) is 0 Å². The Balaban J connectivity index is 2.03. The summed E-state index contributed by atoms with van der Waals surface area (Å²) in [5.74, 6) is -1.36. The van der Waals surface area contributed by atoms with Gasteiger partial charge in [-0.25, -0.2) is 17.5 Å². The molecule has 1 aromatic carbocycles. The molecule has 1 aromatic rings. The molecule has 1 saturated heterocycles. The van der Waals surface area contributed by atoms with Crippen molar-refractivity contribution in [3.05, 3.63) is 35.6 Å². The van der Waals surface area contributed by atoms with Crippen LogP contribution in [0.3, 0.4) is 0 Å². The molecular formula is C13H17FN2O3S. The maximum absolute atomic E-state index is 13.7. The van der Waals surface area contributed by atoms with Gasteiger partial charge in [-0.2, -0.15) is 0 Å². The molecule has 1 fully saturated rings. The number of rotatable bonds is 4. The Hall–Kier alpha value is -1.47. The minimum atomic E-state index is -3.56. The van der Waals surface area contributed by atoms with Crippen molar-refractivity contribution < 1.29 is 17.6 Å². The summed E-state index contributed by atoms with van der Waals surface area (Å²) >= 11 is 0. The third-order valence-electron chi connectivity index (χ3n) is 3.51. The van der Waals surface area contributed by atoms with Crippen molar-refractivity contribution in [1.29, 1.82) is 0 Å². The van der Waals surface area contributed by atoms with Crippen LogP contribution in [-0.2, 0) is 14.8 Å². The van der Waals surface area contributed by atoms with Crippen molar-refractivity contribution in [2.24, 2.45) is 0 Å². The van der Waals surface area contributed by atoms with Gasteiger partial charge in [0.15, 0.2) is 0 Å². The van der Waals surface area contributed by atoms with Crippen molar-refractivity contribution in [3.8, 4) is 0 Å². The molecule has 0 aromatic heterocycles. The Bertz CT molecular complexity index is 603. The second-order valence-electron chi connectivity index (χ2n) is 4.81. The summed E-state index contributed by atoms with van der Waals surface area (Å²) in [5, 5.41) is 0. The Kier molecular flexibility index (Phi) is 4.39. The molecule has 1 amide bonds. The molecule has 2 rings (SSSR count). The molecule has 0 bridgehead atoms. The van der Waals surface area contributed by atoms with Crippen LogP contribution >= 0.6 is 0 Å². The van der Waals surface area contributed by atoms with Gasteiger partial charge in [0.2, 0.25) is 15.9 Å². The lowest BCUT2D eigenvalue weighted by atomic mass is 9.98. The fourth-order valence-corrected chi connectivity index (χ4v) is 3.02. The van der Waals surface area contributed by atoms with Crippen molar-refractivity contribution >= 4 is 15.9 Å². The van der Waals surface area contributed by atoms with Crippen LogP contribution in [0.1, 0.15) is 17.9 Å². The molecule has 20 heavy (non-hydrogen) atoms. The summed E-state index contributed by atoms with van der Waals surface area (Å²) in [7, 11) is -2.29. The van der Waals surface area contributed by atoms with Crippen molar-refractivity contribution in [2.45, 2.75) is 12.3 Å². The number of benzene rings is 1. The molecule has 110 valence electrons. The van der Waals surface area contributed by atoms with Crippen LogP contribution in [0, 0.1) is 5.82 Å². The van der Waals surface area contributed by atoms with Crippen molar-refractivity contribution in [1.82, 2.24) is 9.62 Å². The minimum Gasteiger partial charge on any atom is -0.341 e. The number of likely N-dealkylation sites (tertiary alicyclic amines) is 1. The summed E-state index contributed by atoms with van der Waals surface area (Å²) in [5.41, 5.74) is 0.583. The van der Waals surface area contributed by atoms with Gasteiger partial charge < -0.3 is 4.90 Å². The van der Waals surface area contributed by atoms with Crippen LogP contribution in [-0.4, -0.2) is 45.1 Å². The van der Waals surface area contributed by atoms with E-state index >= 15 is 0 Å². The molecule has 1 aliphatic heterocycles. The van der Waals surface area contributed by atoms with E-state index in [0.717, 1.165) is 0 Å². The first-order valence-electron chi connectivity index (χ1n) is 6.36. The average molecular weight is 300 g/mol. The number of carbonyl (C=O) groups excluding carboxylic acids is 1. The van der Waals surface area contributed by atoms with E-state index in [4.69, 9.17) is 0 Å². The van der Waals surface area contributed by atoms with E-state index in [1.807, 2.05) is 0 Å². The van der Waals surface area contributed by atoms with Crippen LogP contribution in [0.25, 0.3) is 0 Å². The molecule has 1 N–H and O–H groups in total. The molecule has 0 saturated carbocycles. The van der Waals surface area contributed by atoms with E-state index in [-0.39, 0.29) is 11.7 Å². The maximum Gasteiger partial charge on any atom is 0.239 e. The smallest absolute Gasteiger partial charge is 0.239 e. The van der Waals surface area contributed by atoms with E-state index in [1.54, 1.807) is 18.2 Å². The molecule has 1 aliphatic rings. The number of nitrogens with zero attached hydrogens (tertiary/aromatic N) is 1. The van der Waals surface area contributed by atoms with Gasteiger partial charge in [-0.05, 0) is 25.1 Å². The summed E-state index contributed by atoms with van der Waals surface area (Å²) < 4.78 is 38.5. The van der Waals surface area contributed by atoms with Gasteiger partial charge in [0, 0.05) is 19.0 Å². The third-order valence-corrected chi connectivity index (χ3v) is 4.76. The first-order chi connectivity index (χ1) is 9.43. The highest BCUT2D eigenvalue weighted by molar-refractivity contribution is 7.90. The fourth-order valence-electron chi connectivity index (χ4n) is 2.37. The van der Waals surface area contributed by atoms with Crippen molar-refractivity contribution in [2.75, 3.05) is 25.9 Å². The number of amides is 1. The first kappa shape index (κ1) is 14.9. The van der Waals surface area contributed by atoms with Crippen molar-refractivity contribution in [3.63, 3.8) is 0 Å². The molecule has 5 nitrogen and oxygen atoms in total. The molecule has 1 heterocycles. The number of halogens is 1. The van der Waals surface area contributed by atoms with Crippen LogP contribution in [0.4, 0.5) is 4.39 Å². The lowest BCUT2D eigenvalue weighted by molar-refractivity contribution is -0.127. The second-order valence-corrected chi connectivity index (χ2v) is 6.74. The number of carbonyl (C=O) groups is 1. The Labute approximate surface area is 117 Å². The van der Waals surface area contributed by atoms with Gasteiger partial charge >= 0.3 is 0 Å². The van der Waals surface area contributed by atoms with E-state index in [9.17, 15) is 17.6 Å². The zero-order valence-corrected chi connectivity index (χ0v) is 12.0. The Morgan fingerprint density at radius 2 is 2.15 bits per heavy atom. The number of hydrogen-bond acceptors (Lipinski definition) is 3. The molecule has 0 spiro atoms. The highest BCUT2D eigenvalue weighted by Crippen LogP contribution is 2.28. The lowest BCUT2D eigenvalue weighted by Crippen LogP contribution is -2.37. The Morgan fingerprint density at radius 1 is 1.45 bits per heavy atom. The first-order valence-corrected chi connectivity index (χ1v) is 8.01. The van der Waals surface area contributed by atoms with Crippen LogP contribution in [0.15, 0.2) is 24.3 Å². The monoisotopic (exact) mass is 300 g/mol. The standard InChI is InChI=1S/C13H17FN2O3S/c1-15-20(18,19)9-13(17)16-7-6-10(8-16)11-4-2-3-5-12(11)14/h2-5,10,15H,6-9H2,1H3/t10-/m0/s1. The van der Waals surface area contributed by atoms with Gasteiger partial charge in [-0.1, -0.05) is 18.2 Å². The molecule has 1 atom stereocenters. The fraction of sp³-hybridized carbons (Fsp3) is 0.462. The third kappa shape index (κ3) is 3.34. The van der Waals surface area contributed by atoms with E-state index in [0.29, 0.717) is 25.1 Å². The lowest BCUT2D eigenvalue weighted by Gasteiger charge is -2.16. The Morgan fingerprint density at radius 3 is 2.80 bits per heavy atom. The summed E-state index contributed by atoms with van der Waals surface area (Å²) in [6.45, 7) is 0.816. The van der Waals surface area contributed by atoms with Crippen LogP contribution < -0.4 is 4.72 Å². The average Bonchev–Trinajstić information content (AvgIpc) is 2.88. The number of hydrogen-bond donors (Lipinski definition) is 1. The largest absolute Gasteiger partial charge is 0.341 e. The molecule has 0 aliphatic carbocycles. The molecule has 7 heteroatoms. The second kappa shape index (κ2) is 5.88. The molecular weight excluding hydrogens is 283 g/mol. The minimum absolute atomic E-state index is 0.0718. The summed E-state index contributed by atoms with van der Waals surface area (Å²) in [6.07, 6.45) is 0.645. The topological polar surface area (TPSA) is 66.5 Å². The van der Waals surface area contributed by atoms with Gasteiger partial charge in [0.1, 0.15) is 11.6 Å². The summed E-state index contributed by atoms with van der Waals surface area (Å²) in [4.78, 5) is 13.4. The predicted octanol–water partition coefficient (Wildman–Crippen LogP) is 0.691. The molecule has 0 unspecified atom stereocenters. The van der Waals surface area contributed by atoms with E-state index in [1.165, 1.54) is 18.0 Å². The highest BCUT2D eigenvalue weighted by Gasteiger charge is 2.30. The SMILES string of the molecule is CNS(=O)(=O)CC(=O)N1CC[C@H](c2ccccc2F)C1. The predicted molar refractivity (Wildman–Crippen MR) is 73.2 cm³/mol. The van der Waals surface area contributed by atoms with Gasteiger partial charge in [-0.3, -0.25) is 4.79 Å². The zero-order valence-electron chi connectivity index (χ0n) is 11.2. The zero-order chi connectivity index (χ0) is 14.8. The summed E-state index contributed by atoms with van der Waals surface area (Å²) in [6, 6.07) is 6.48.